The minimum Gasteiger partial charge on any atom is -0.343 e. The van der Waals surface area contributed by atoms with Gasteiger partial charge in [0.15, 0.2) is 0 Å². The monoisotopic (exact) mass is 148 g/mol. The molecule has 0 amide bonds. The molecular weight excluding hydrogens is 140 g/mol. The van der Waals surface area contributed by atoms with E-state index in [0.29, 0.717) is 0 Å². The van der Waals surface area contributed by atoms with Gasteiger partial charge in [0.1, 0.15) is 5.52 Å². The smallest absolute Gasteiger partial charge is 0.113 e. The maximum atomic E-state index is 4.13. The second kappa shape index (κ2) is 2.30. The van der Waals surface area contributed by atoms with Crippen LogP contribution in [0.4, 0.5) is 0 Å². The van der Waals surface area contributed by atoms with E-state index in [1.807, 2.05) is 6.92 Å². The van der Waals surface area contributed by atoms with Gasteiger partial charge >= 0.3 is 0 Å². The number of aromatic nitrogens is 4. The first kappa shape index (κ1) is 6.27. The van der Waals surface area contributed by atoms with Crippen molar-refractivity contribution in [2.24, 2.45) is 0 Å². The van der Waals surface area contributed by atoms with Crippen molar-refractivity contribution in [1.82, 2.24) is 20.2 Å². The number of hydrogen-bond donors (Lipinski definition) is 1. The highest BCUT2D eigenvalue weighted by atomic mass is 15.1. The first-order valence-electron chi connectivity index (χ1n) is 3.55. The molecule has 0 atom stereocenters. The summed E-state index contributed by atoms with van der Waals surface area (Å²) in [7, 11) is 0. The highest BCUT2D eigenvalue weighted by Gasteiger charge is 2.01. The zero-order valence-electron chi connectivity index (χ0n) is 6.20. The lowest BCUT2D eigenvalue weighted by molar-refractivity contribution is 0.935. The van der Waals surface area contributed by atoms with Crippen molar-refractivity contribution in [2.75, 3.05) is 0 Å². The van der Waals surface area contributed by atoms with Crippen LogP contribution in [0.15, 0.2) is 12.5 Å². The summed E-state index contributed by atoms with van der Waals surface area (Å²) in [4.78, 5) is 7.11. The predicted octanol–water partition coefficient (Wildman–Crippen LogP) is 0.915. The van der Waals surface area contributed by atoms with E-state index < -0.39 is 0 Å². The molecule has 0 fully saturated rings. The summed E-state index contributed by atoms with van der Waals surface area (Å²) in [5.41, 5.74) is 2.84. The zero-order chi connectivity index (χ0) is 7.68. The minimum atomic E-state index is 0.870. The number of aromatic amines is 1. The molecule has 2 heterocycles. The van der Waals surface area contributed by atoms with Crippen molar-refractivity contribution in [3.05, 3.63) is 18.2 Å². The molecule has 0 saturated heterocycles. The number of fused-ring (bicyclic) bond motifs is 1. The summed E-state index contributed by atoms with van der Waals surface area (Å²) in [5, 5.41) is 7.80. The fourth-order valence-corrected chi connectivity index (χ4v) is 1.07. The molecule has 0 aliphatic carbocycles. The number of H-pyrrole nitrogens is 1. The Morgan fingerprint density at radius 2 is 2.45 bits per heavy atom. The molecule has 0 spiro atoms. The van der Waals surface area contributed by atoms with Gasteiger partial charge in [-0.25, -0.2) is 4.98 Å². The van der Waals surface area contributed by atoms with Crippen LogP contribution in [0, 0.1) is 0 Å². The van der Waals surface area contributed by atoms with E-state index in [2.05, 4.69) is 20.2 Å². The van der Waals surface area contributed by atoms with Crippen LogP contribution >= 0.6 is 0 Å². The Morgan fingerprint density at radius 1 is 1.55 bits per heavy atom. The first-order valence-corrected chi connectivity index (χ1v) is 3.55. The van der Waals surface area contributed by atoms with Crippen LogP contribution in [-0.4, -0.2) is 20.2 Å². The van der Waals surface area contributed by atoms with Gasteiger partial charge in [0.05, 0.1) is 23.7 Å². The van der Waals surface area contributed by atoms with Gasteiger partial charge in [-0.1, -0.05) is 6.92 Å². The van der Waals surface area contributed by atoms with E-state index in [4.69, 9.17) is 0 Å². The van der Waals surface area contributed by atoms with Crippen molar-refractivity contribution in [3.63, 3.8) is 0 Å². The van der Waals surface area contributed by atoms with Gasteiger partial charge in [-0.05, 0) is 6.42 Å². The van der Waals surface area contributed by atoms with Crippen molar-refractivity contribution >= 4 is 11.0 Å². The van der Waals surface area contributed by atoms with Gasteiger partial charge in [0.2, 0.25) is 0 Å². The fraction of sp³-hybridized carbons (Fsp3) is 0.286. The lowest BCUT2D eigenvalue weighted by Crippen LogP contribution is -1.91. The van der Waals surface area contributed by atoms with E-state index in [1.165, 1.54) is 0 Å². The normalized spacial score (nSPS) is 10.6. The minimum absolute atomic E-state index is 0.870. The number of nitrogens with zero attached hydrogens (tertiary/aromatic N) is 3. The molecule has 0 aromatic carbocycles. The molecule has 0 radical (unpaired) electrons. The van der Waals surface area contributed by atoms with Crippen molar-refractivity contribution < 1.29 is 0 Å². The van der Waals surface area contributed by atoms with Gasteiger partial charge in [-0.2, -0.15) is 10.2 Å². The Bertz CT molecular complexity index is 365. The Kier molecular flexibility index (Phi) is 1.31. The maximum Gasteiger partial charge on any atom is 0.113 e. The summed E-state index contributed by atoms with van der Waals surface area (Å²) in [5.74, 6) is 0. The standard InChI is InChI=1S/C7H8N4/c1-2-5-7-6(3-10-11-5)8-4-9-7/h3-4H,2H2,1H3,(H,8,9). The lowest BCUT2D eigenvalue weighted by Gasteiger charge is -1.92. The van der Waals surface area contributed by atoms with E-state index in [0.717, 1.165) is 23.1 Å². The molecule has 0 saturated carbocycles. The number of rotatable bonds is 1. The Balaban J connectivity index is 2.79. The molecule has 4 nitrogen and oxygen atoms in total. The van der Waals surface area contributed by atoms with Crippen molar-refractivity contribution in [3.8, 4) is 0 Å². The van der Waals surface area contributed by atoms with Crippen LogP contribution in [0.2, 0.25) is 0 Å². The predicted molar refractivity (Wildman–Crippen MR) is 41.1 cm³/mol. The average molecular weight is 148 g/mol. The third-order valence-corrected chi connectivity index (χ3v) is 1.64. The maximum absolute atomic E-state index is 4.13. The summed E-state index contributed by atoms with van der Waals surface area (Å²) in [6.45, 7) is 2.04. The number of nitrogens with one attached hydrogen (secondary N) is 1. The molecule has 0 bridgehead atoms. The largest absolute Gasteiger partial charge is 0.343 e. The van der Waals surface area contributed by atoms with Crippen LogP contribution in [0.25, 0.3) is 11.0 Å². The fourth-order valence-electron chi connectivity index (χ4n) is 1.07. The van der Waals surface area contributed by atoms with Gasteiger partial charge in [-0.15, -0.1) is 0 Å². The first-order chi connectivity index (χ1) is 5.42. The molecule has 11 heavy (non-hydrogen) atoms. The van der Waals surface area contributed by atoms with Crippen LogP contribution in [0.3, 0.4) is 0 Å². The topological polar surface area (TPSA) is 54.5 Å². The molecule has 0 aliphatic rings. The number of hydrogen-bond acceptors (Lipinski definition) is 3. The second-order valence-electron chi connectivity index (χ2n) is 2.31. The third-order valence-electron chi connectivity index (χ3n) is 1.64. The summed E-state index contributed by atoms with van der Waals surface area (Å²) < 4.78 is 0. The number of imidazole rings is 1. The summed E-state index contributed by atoms with van der Waals surface area (Å²) in [6.07, 6.45) is 4.21. The SMILES string of the molecule is CCc1nncc2[nH]cnc12. The molecule has 2 aromatic heterocycles. The average Bonchev–Trinajstić information content (AvgIpc) is 2.50. The van der Waals surface area contributed by atoms with E-state index in [1.54, 1.807) is 12.5 Å². The highest BCUT2D eigenvalue weighted by molar-refractivity contribution is 5.75. The van der Waals surface area contributed by atoms with Crippen molar-refractivity contribution in [2.45, 2.75) is 13.3 Å². The Labute approximate surface area is 63.7 Å². The quantitative estimate of drug-likeness (QED) is 0.654. The molecule has 56 valence electrons. The number of aryl methyl sites for hydroxylation is 1. The van der Waals surface area contributed by atoms with E-state index in [9.17, 15) is 0 Å². The zero-order valence-corrected chi connectivity index (χ0v) is 6.20. The van der Waals surface area contributed by atoms with Gasteiger partial charge in [-0.3, -0.25) is 0 Å². The van der Waals surface area contributed by atoms with E-state index in [-0.39, 0.29) is 0 Å². The molecule has 0 aliphatic heterocycles. The van der Waals surface area contributed by atoms with E-state index >= 15 is 0 Å². The van der Waals surface area contributed by atoms with Crippen LogP contribution in [-0.2, 0) is 6.42 Å². The lowest BCUT2D eigenvalue weighted by atomic mass is 10.3. The molecule has 0 unspecified atom stereocenters. The van der Waals surface area contributed by atoms with Gasteiger partial charge < -0.3 is 4.98 Å². The summed E-state index contributed by atoms with van der Waals surface area (Å²) >= 11 is 0. The molecule has 4 heteroatoms. The molecular formula is C7H8N4. The third kappa shape index (κ3) is 0.869. The van der Waals surface area contributed by atoms with Crippen LogP contribution in [0.5, 0.6) is 0 Å². The van der Waals surface area contributed by atoms with Gasteiger partial charge in [0.25, 0.3) is 0 Å². The Hall–Kier alpha value is -1.45. The van der Waals surface area contributed by atoms with Crippen molar-refractivity contribution in [1.29, 1.82) is 0 Å². The molecule has 2 aromatic rings. The second-order valence-corrected chi connectivity index (χ2v) is 2.31. The Morgan fingerprint density at radius 3 is 3.27 bits per heavy atom. The van der Waals surface area contributed by atoms with Gasteiger partial charge in [0, 0.05) is 0 Å². The van der Waals surface area contributed by atoms with Crippen LogP contribution < -0.4 is 0 Å². The highest BCUT2D eigenvalue weighted by Crippen LogP contribution is 2.09. The van der Waals surface area contributed by atoms with Crippen LogP contribution in [0.1, 0.15) is 12.6 Å². The summed E-state index contributed by atoms with van der Waals surface area (Å²) in [6, 6.07) is 0. The molecule has 1 N–H and O–H groups in total. The molecule has 2 rings (SSSR count).